The van der Waals surface area contributed by atoms with Gasteiger partial charge in [0.1, 0.15) is 6.61 Å². The molecule has 0 saturated carbocycles. The van der Waals surface area contributed by atoms with Gasteiger partial charge in [-0.05, 0) is 29.7 Å². The van der Waals surface area contributed by atoms with Crippen molar-refractivity contribution < 1.29 is 9.53 Å². The fourth-order valence-corrected chi connectivity index (χ4v) is 2.16. The lowest BCUT2D eigenvalue weighted by Gasteiger charge is -2.04. The molecule has 0 bridgehead atoms. The molecule has 0 atom stereocenters. The highest BCUT2D eigenvalue weighted by atomic mass is 16.5. The first-order valence-corrected chi connectivity index (χ1v) is 8.20. The van der Waals surface area contributed by atoms with Gasteiger partial charge in [0.15, 0.2) is 0 Å². The van der Waals surface area contributed by atoms with Gasteiger partial charge in [0.25, 0.3) is 0 Å². The van der Waals surface area contributed by atoms with Crippen LogP contribution in [0.3, 0.4) is 0 Å². The summed E-state index contributed by atoms with van der Waals surface area (Å²) in [5.41, 5.74) is 2.90. The second kappa shape index (κ2) is 10.6. The Hall–Kier alpha value is -3.13. The summed E-state index contributed by atoms with van der Waals surface area (Å²) in [5, 5.41) is 0. The molecule has 0 aromatic heterocycles. The van der Waals surface area contributed by atoms with Crippen molar-refractivity contribution in [2.45, 2.75) is 13.0 Å². The van der Waals surface area contributed by atoms with Crippen molar-refractivity contribution in [2.75, 3.05) is 0 Å². The van der Waals surface area contributed by atoms with Crippen molar-refractivity contribution in [2.24, 2.45) is 0 Å². The quantitative estimate of drug-likeness (QED) is 0.459. The first-order chi connectivity index (χ1) is 12.3. The fraction of sp³-hybridized carbons (Fsp3) is 0.0870. The van der Waals surface area contributed by atoms with E-state index in [0.717, 1.165) is 12.0 Å². The number of esters is 1. The molecule has 126 valence electrons. The summed E-state index contributed by atoms with van der Waals surface area (Å²) in [6.45, 7) is 3.97. The molecule has 0 saturated heterocycles. The number of carbonyl (C=O) groups excluding carboxylic acids is 1. The van der Waals surface area contributed by atoms with Crippen LogP contribution in [0.1, 0.15) is 21.5 Å². The summed E-state index contributed by atoms with van der Waals surface area (Å²) in [6.07, 6.45) is 2.89. The average Bonchev–Trinajstić information content (AvgIpc) is 2.69. The molecule has 0 heterocycles. The van der Waals surface area contributed by atoms with Crippen LogP contribution in [0.15, 0.2) is 104 Å². The predicted molar refractivity (Wildman–Crippen MR) is 102 cm³/mol. The Morgan fingerprint density at radius 3 is 1.76 bits per heavy atom. The smallest absolute Gasteiger partial charge is 0.338 e. The number of ether oxygens (including phenoxy) is 1. The molecule has 3 rings (SSSR count). The third-order valence-electron chi connectivity index (χ3n) is 3.45. The Labute approximate surface area is 149 Å². The molecule has 2 heteroatoms. The third-order valence-corrected chi connectivity index (χ3v) is 3.45. The Morgan fingerprint density at radius 1 is 0.760 bits per heavy atom. The Morgan fingerprint density at radius 2 is 1.24 bits per heavy atom. The Bertz CT molecular complexity index is 750. The molecule has 0 radical (unpaired) electrons. The molecule has 0 aliphatic rings. The van der Waals surface area contributed by atoms with Gasteiger partial charge in [-0.3, -0.25) is 0 Å². The summed E-state index contributed by atoms with van der Waals surface area (Å²) in [6, 6.07) is 28.9. The summed E-state index contributed by atoms with van der Waals surface area (Å²) < 4.78 is 5.18. The SMILES string of the molecule is C=CCc1ccccc1.O=C(OCc1ccccc1)c1ccccc1. The first kappa shape index (κ1) is 18.2. The zero-order valence-corrected chi connectivity index (χ0v) is 14.2. The van der Waals surface area contributed by atoms with Crippen LogP contribution in [0, 0.1) is 0 Å². The molecule has 3 aromatic carbocycles. The van der Waals surface area contributed by atoms with E-state index in [0.29, 0.717) is 12.2 Å². The molecule has 0 unspecified atom stereocenters. The van der Waals surface area contributed by atoms with Gasteiger partial charge in [-0.25, -0.2) is 4.79 Å². The van der Waals surface area contributed by atoms with Crippen LogP contribution >= 0.6 is 0 Å². The van der Waals surface area contributed by atoms with Crippen molar-refractivity contribution in [3.05, 3.63) is 120 Å². The molecule has 0 N–H and O–H groups in total. The van der Waals surface area contributed by atoms with E-state index in [2.05, 4.69) is 18.7 Å². The lowest BCUT2D eigenvalue weighted by atomic mass is 10.2. The zero-order valence-electron chi connectivity index (χ0n) is 14.2. The van der Waals surface area contributed by atoms with Gasteiger partial charge in [0, 0.05) is 0 Å². The van der Waals surface area contributed by atoms with Gasteiger partial charge >= 0.3 is 5.97 Å². The molecule has 25 heavy (non-hydrogen) atoms. The van der Waals surface area contributed by atoms with E-state index in [4.69, 9.17) is 4.74 Å². The normalized spacial score (nSPS) is 9.44. The van der Waals surface area contributed by atoms with Crippen LogP contribution in [0.5, 0.6) is 0 Å². The maximum absolute atomic E-state index is 11.6. The largest absolute Gasteiger partial charge is 0.457 e. The minimum Gasteiger partial charge on any atom is -0.457 e. The highest BCUT2D eigenvalue weighted by Gasteiger charge is 2.05. The summed E-state index contributed by atoms with van der Waals surface area (Å²) in [7, 11) is 0. The number of carbonyl (C=O) groups is 1. The molecule has 0 amide bonds. The van der Waals surface area contributed by atoms with Crippen LogP contribution in [0.25, 0.3) is 0 Å². The number of allylic oxidation sites excluding steroid dienone is 1. The molecule has 0 fully saturated rings. The lowest BCUT2D eigenvalue weighted by Crippen LogP contribution is -2.04. The predicted octanol–water partition coefficient (Wildman–Crippen LogP) is 5.46. The van der Waals surface area contributed by atoms with E-state index in [9.17, 15) is 4.79 Å². The van der Waals surface area contributed by atoms with Gasteiger partial charge < -0.3 is 4.74 Å². The van der Waals surface area contributed by atoms with E-state index >= 15 is 0 Å². The summed E-state index contributed by atoms with van der Waals surface area (Å²) >= 11 is 0. The van der Waals surface area contributed by atoms with Crippen molar-refractivity contribution in [3.63, 3.8) is 0 Å². The fourth-order valence-electron chi connectivity index (χ4n) is 2.16. The molecular formula is C23H22O2. The molecule has 0 aliphatic heterocycles. The molecular weight excluding hydrogens is 308 g/mol. The second-order valence-corrected chi connectivity index (χ2v) is 5.41. The van der Waals surface area contributed by atoms with E-state index in [1.54, 1.807) is 12.1 Å². The topological polar surface area (TPSA) is 26.3 Å². The van der Waals surface area contributed by atoms with Crippen LogP contribution in [0.2, 0.25) is 0 Å². The van der Waals surface area contributed by atoms with Gasteiger partial charge in [0.2, 0.25) is 0 Å². The number of hydrogen-bond donors (Lipinski definition) is 0. The number of benzene rings is 3. The molecule has 2 nitrogen and oxygen atoms in total. The van der Waals surface area contributed by atoms with Crippen LogP contribution in [-0.2, 0) is 17.8 Å². The van der Waals surface area contributed by atoms with E-state index < -0.39 is 0 Å². The third kappa shape index (κ3) is 6.88. The minimum absolute atomic E-state index is 0.288. The van der Waals surface area contributed by atoms with Crippen molar-refractivity contribution in [1.29, 1.82) is 0 Å². The van der Waals surface area contributed by atoms with Crippen LogP contribution in [-0.4, -0.2) is 5.97 Å². The van der Waals surface area contributed by atoms with E-state index in [-0.39, 0.29) is 5.97 Å². The zero-order chi connectivity index (χ0) is 17.7. The molecule has 3 aromatic rings. The summed E-state index contributed by atoms with van der Waals surface area (Å²) in [5.74, 6) is -0.288. The monoisotopic (exact) mass is 330 g/mol. The standard InChI is InChI=1S/C14H12O2.C9H10/c15-14(13-9-5-2-6-10-13)16-11-12-7-3-1-4-8-12;1-2-6-9-7-4-3-5-8-9/h1-10H,11H2;2-5,7-8H,1,6H2. The van der Waals surface area contributed by atoms with E-state index in [1.165, 1.54) is 5.56 Å². The Balaban J connectivity index is 0.000000212. The van der Waals surface area contributed by atoms with Gasteiger partial charge in [-0.2, -0.15) is 0 Å². The van der Waals surface area contributed by atoms with Gasteiger partial charge in [0.05, 0.1) is 5.56 Å². The lowest BCUT2D eigenvalue weighted by molar-refractivity contribution is 0.0472. The molecule has 0 aliphatic carbocycles. The second-order valence-electron chi connectivity index (χ2n) is 5.41. The highest BCUT2D eigenvalue weighted by molar-refractivity contribution is 5.89. The maximum Gasteiger partial charge on any atom is 0.338 e. The minimum atomic E-state index is -0.288. The van der Waals surface area contributed by atoms with Crippen LogP contribution in [0.4, 0.5) is 0 Å². The van der Waals surface area contributed by atoms with Gasteiger partial charge in [-0.1, -0.05) is 84.9 Å². The van der Waals surface area contributed by atoms with Gasteiger partial charge in [-0.15, -0.1) is 6.58 Å². The highest BCUT2D eigenvalue weighted by Crippen LogP contribution is 2.05. The molecule has 0 spiro atoms. The number of hydrogen-bond acceptors (Lipinski definition) is 2. The summed E-state index contributed by atoms with van der Waals surface area (Å²) in [4.78, 5) is 11.6. The van der Waals surface area contributed by atoms with E-state index in [1.807, 2.05) is 72.8 Å². The number of rotatable bonds is 5. The average molecular weight is 330 g/mol. The van der Waals surface area contributed by atoms with Crippen molar-refractivity contribution in [1.82, 2.24) is 0 Å². The van der Waals surface area contributed by atoms with Crippen molar-refractivity contribution >= 4 is 5.97 Å². The maximum atomic E-state index is 11.6. The Kier molecular flexibility index (Phi) is 7.73. The van der Waals surface area contributed by atoms with Crippen molar-refractivity contribution in [3.8, 4) is 0 Å². The first-order valence-electron chi connectivity index (χ1n) is 8.20. The van der Waals surface area contributed by atoms with Crippen LogP contribution < -0.4 is 0 Å².